The summed E-state index contributed by atoms with van der Waals surface area (Å²) in [6.45, 7) is 0. The molecule has 0 amide bonds. The second-order valence-corrected chi connectivity index (χ2v) is 8.92. The number of hydrogen-bond donors (Lipinski definition) is 0. The second kappa shape index (κ2) is 7.20. The van der Waals surface area contributed by atoms with Crippen LogP contribution in [0, 0.1) is 11.3 Å². The number of nitrogens with zero attached hydrogens (tertiary/aromatic N) is 2. The minimum atomic E-state index is 0.659. The van der Waals surface area contributed by atoms with Crippen molar-refractivity contribution in [1.29, 1.82) is 5.26 Å². The van der Waals surface area contributed by atoms with Gasteiger partial charge in [0.25, 0.3) is 0 Å². The highest BCUT2D eigenvalue weighted by molar-refractivity contribution is 6.09. The lowest BCUT2D eigenvalue weighted by Crippen LogP contribution is -1.98. The molecule has 6 aromatic rings. The van der Waals surface area contributed by atoms with Crippen LogP contribution in [0.5, 0.6) is 0 Å². The van der Waals surface area contributed by atoms with Gasteiger partial charge in [-0.25, -0.2) is 0 Å². The first-order valence-corrected chi connectivity index (χ1v) is 11.6. The maximum atomic E-state index is 9.72. The van der Waals surface area contributed by atoms with Crippen LogP contribution in [-0.4, -0.2) is 4.57 Å². The average Bonchev–Trinajstić information content (AvgIpc) is 3.44. The molecule has 0 saturated heterocycles. The van der Waals surface area contributed by atoms with Crippen LogP contribution < -0.4 is 0 Å². The van der Waals surface area contributed by atoms with Crippen LogP contribution in [-0.2, 0) is 6.42 Å². The lowest BCUT2D eigenvalue weighted by atomic mass is 9.96. The largest absolute Gasteiger partial charge is 0.309 e. The Balaban J connectivity index is 1.53. The van der Waals surface area contributed by atoms with E-state index in [0.29, 0.717) is 5.56 Å². The minimum Gasteiger partial charge on any atom is -0.309 e. The summed E-state index contributed by atoms with van der Waals surface area (Å²) in [5.41, 5.74) is 11.7. The zero-order valence-corrected chi connectivity index (χ0v) is 18.5. The molecule has 1 aliphatic rings. The van der Waals surface area contributed by atoms with Gasteiger partial charge in [-0.1, -0.05) is 78.9 Å². The molecule has 0 radical (unpaired) electrons. The molecular formula is C32H20N2. The van der Waals surface area contributed by atoms with Crippen LogP contribution in [0.4, 0.5) is 0 Å². The van der Waals surface area contributed by atoms with Crippen LogP contribution in [0.1, 0.15) is 16.7 Å². The molecular weight excluding hydrogens is 412 g/mol. The van der Waals surface area contributed by atoms with E-state index in [-0.39, 0.29) is 0 Å². The summed E-state index contributed by atoms with van der Waals surface area (Å²) in [5, 5.41) is 12.2. The predicted octanol–water partition coefficient (Wildman–Crippen LogP) is 7.89. The minimum absolute atomic E-state index is 0.659. The molecule has 0 spiro atoms. The van der Waals surface area contributed by atoms with Gasteiger partial charge in [-0.15, -0.1) is 0 Å². The fourth-order valence-corrected chi connectivity index (χ4v) is 5.50. The number of rotatable bonds is 2. The summed E-state index contributed by atoms with van der Waals surface area (Å²) in [7, 11) is 0. The molecule has 34 heavy (non-hydrogen) atoms. The molecule has 1 aliphatic carbocycles. The molecule has 0 unspecified atom stereocenters. The van der Waals surface area contributed by atoms with E-state index < -0.39 is 0 Å². The van der Waals surface area contributed by atoms with Crippen LogP contribution in [0.3, 0.4) is 0 Å². The summed E-state index contributed by atoms with van der Waals surface area (Å²) in [6, 6.07) is 40.9. The second-order valence-electron chi connectivity index (χ2n) is 8.92. The molecule has 1 aromatic heterocycles. The van der Waals surface area contributed by atoms with Gasteiger partial charge in [0.1, 0.15) is 0 Å². The molecule has 0 fully saturated rings. The molecule has 2 heteroatoms. The number of fused-ring (bicyclic) bond motifs is 6. The quantitative estimate of drug-likeness (QED) is 0.273. The fourth-order valence-electron chi connectivity index (χ4n) is 5.50. The van der Waals surface area contributed by atoms with Gasteiger partial charge in [0.2, 0.25) is 0 Å². The Kier molecular flexibility index (Phi) is 4.00. The molecule has 0 N–H and O–H groups in total. The third-order valence-corrected chi connectivity index (χ3v) is 7.06. The van der Waals surface area contributed by atoms with Crippen molar-refractivity contribution in [1.82, 2.24) is 4.57 Å². The van der Waals surface area contributed by atoms with E-state index in [9.17, 15) is 5.26 Å². The molecule has 0 saturated carbocycles. The number of hydrogen-bond acceptors (Lipinski definition) is 1. The summed E-state index contributed by atoms with van der Waals surface area (Å²) < 4.78 is 2.31. The highest BCUT2D eigenvalue weighted by Crippen LogP contribution is 2.41. The van der Waals surface area contributed by atoms with Gasteiger partial charge in [-0.3, -0.25) is 0 Å². The molecule has 5 aromatic carbocycles. The summed E-state index contributed by atoms with van der Waals surface area (Å²) in [6.07, 6.45) is 0.985. The van der Waals surface area contributed by atoms with Gasteiger partial charge in [0, 0.05) is 16.3 Å². The Bertz CT molecular complexity index is 1740. The maximum Gasteiger partial charge on any atom is 0.0992 e. The van der Waals surface area contributed by atoms with Crippen molar-refractivity contribution in [2.45, 2.75) is 6.42 Å². The van der Waals surface area contributed by atoms with Crippen molar-refractivity contribution >= 4 is 21.8 Å². The van der Waals surface area contributed by atoms with Crippen molar-refractivity contribution in [3.63, 3.8) is 0 Å². The van der Waals surface area contributed by atoms with E-state index in [0.717, 1.165) is 34.3 Å². The van der Waals surface area contributed by atoms with E-state index in [1.165, 1.54) is 33.0 Å². The first-order valence-electron chi connectivity index (χ1n) is 11.6. The summed E-state index contributed by atoms with van der Waals surface area (Å²) >= 11 is 0. The Morgan fingerprint density at radius 3 is 2.03 bits per heavy atom. The average molecular weight is 433 g/mol. The molecule has 158 valence electrons. The van der Waals surface area contributed by atoms with Crippen molar-refractivity contribution < 1.29 is 0 Å². The smallest absolute Gasteiger partial charge is 0.0992 e. The Labute approximate surface area is 198 Å². The van der Waals surface area contributed by atoms with E-state index in [1.54, 1.807) is 0 Å². The van der Waals surface area contributed by atoms with Crippen LogP contribution in [0.2, 0.25) is 0 Å². The molecule has 0 bridgehead atoms. The Morgan fingerprint density at radius 1 is 0.588 bits per heavy atom. The number of benzene rings is 5. The van der Waals surface area contributed by atoms with Crippen molar-refractivity contribution in [3.8, 4) is 34.0 Å². The zero-order chi connectivity index (χ0) is 22.6. The molecule has 0 atom stereocenters. The normalized spacial score (nSPS) is 12.0. The van der Waals surface area contributed by atoms with Crippen molar-refractivity contribution in [3.05, 3.63) is 126 Å². The Morgan fingerprint density at radius 2 is 1.26 bits per heavy atom. The molecule has 7 rings (SSSR count). The van der Waals surface area contributed by atoms with E-state index in [4.69, 9.17) is 0 Å². The molecule has 1 heterocycles. The topological polar surface area (TPSA) is 28.7 Å². The van der Waals surface area contributed by atoms with Gasteiger partial charge in [0.05, 0.1) is 28.4 Å². The van der Waals surface area contributed by atoms with Crippen LogP contribution in [0.25, 0.3) is 49.7 Å². The third kappa shape index (κ3) is 2.68. The fraction of sp³-hybridized carbons (Fsp3) is 0.0312. The van der Waals surface area contributed by atoms with E-state index in [1.807, 2.05) is 12.1 Å². The lowest BCUT2D eigenvalue weighted by Gasteiger charge is -2.15. The van der Waals surface area contributed by atoms with Gasteiger partial charge in [0.15, 0.2) is 0 Å². The standard InChI is InChI=1S/C32H20N2/c33-20-21-13-16-26(24-15-14-23-18-22-7-1-2-8-25(22)29(23)19-24)32(17-21)34-30-11-5-3-9-27(30)28-10-4-6-12-31(28)34/h1-17,19H,18H2. The summed E-state index contributed by atoms with van der Waals surface area (Å²) in [5.74, 6) is 0. The SMILES string of the molecule is N#Cc1ccc(-c2ccc3c(c2)-c2ccccc2C3)c(-n2c3ccccc3c3ccccc32)c1. The van der Waals surface area contributed by atoms with Gasteiger partial charge in [-0.2, -0.15) is 5.26 Å². The van der Waals surface area contributed by atoms with Crippen molar-refractivity contribution in [2.75, 3.05) is 0 Å². The lowest BCUT2D eigenvalue weighted by molar-refractivity contribution is 1.18. The van der Waals surface area contributed by atoms with E-state index >= 15 is 0 Å². The highest BCUT2D eigenvalue weighted by atomic mass is 15.0. The monoisotopic (exact) mass is 432 g/mol. The molecule has 0 aliphatic heterocycles. The predicted molar refractivity (Wildman–Crippen MR) is 139 cm³/mol. The highest BCUT2D eigenvalue weighted by Gasteiger charge is 2.20. The number of para-hydroxylation sites is 2. The van der Waals surface area contributed by atoms with Crippen molar-refractivity contribution in [2.24, 2.45) is 0 Å². The third-order valence-electron chi connectivity index (χ3n) is 7.06. The molecule has 2 nitrogen and oxygen atoms in total. The number of aromatic nitrogens is 1. The Hall–Kier alpha value is -4.61. The van der Waals surface area contributed by atoms with Crippen LogP contribution >= 0.6 is 0 Å². The van der Waals surface area contributed by atoms with Gasteiger partial charge in [-0.05, 0) is 64.6 Å². The summed E-state index contributed by atoms with van der Waals surface area (Å²) in [4.78, 5) is 0. The first-order chi connectivity index (χ1) is 16.8. The zero-order valence-electron chi connectivity index (χ0n) is 18.5. The van der Waals surface area contributed by atoms with Gasteiger partial charge < -0.3 is 4.57 Å². The van der Waals surface area contributed by atoms with Crippen LogP contribution in [0.15, 0.2) is 109 Å². The van der Waals surface area contributed by atoms with Gasteiger partial charge >= 0.3 is 0 Å². The number of nitriles is 1. The maximum absolute atomic E-state index is 9.72. The first kappa shape index (κ1) is 18.9. The van der Waals surface area contributed by atoms with E-state index in [2.05, 4.69) is 108 Å².